The van der Waals surface area contributed by atoms with Crippen LogP contribution in [-0.2, 0) is 4.74 Å². The minimum atomic E-state index is -1.80. The van der Waals surface area contributed by atoms with Gasteiger partial charge in [0.25, 0.3) is 0 Å². The summed E-state index contributed by atoms with van der Waals surface area (Å²) in [7, 11) is 1.17. The number of nitrogens with one attached hydrogen (secondary N) is 1. The molecule has 0 radical (unpaired) electrons. The Morgan fingerprint density at radius 1 is 0.781 bits per heavy atom. The van der Waals surface area contributed by atoms with Crippen LogP contribution in [0.25, 0.3) is 0 Å². The molecule has 7 nitrogen and oxygen atoms in total. The Morgan fingerprint density at radius 2 is 1.28 bits per heavy atom. The van der Waals surface area contributed by atoms with Crippen molar-refractivity contribution in [1.82, 2.24) is 0 Å². The molecule has 1 aliphatic rings. The fourth-order valence-corrected chi connectivity index (χ4v) is 3.44. The Kier molecular flexibility index (Phi) is 4.85. The molecule has 3 N–H and O–H groups in total. The summed E-state index contributed by atoms with van der Waals surface area (Å²) in [5, 5.41) is 22.2. The SMILES string of the molecule is COC(=O)c1ccc(Nc2c(F)c(F)c3c(c2F)C(=O)c2c(O)ccc(O)c2C3=O)cc1. The van der Waals surface area contributed by atoms with Crippen LogP contribution in [0.15, 0.2) is 36.4 Å². The average molecular weight is 443 g/mol. The molecular weight excluding hydrogens is 431 g/mol. The Morgan fingerprint density at radius 3 is 1.78 bits per heavy atom. The predicted octanol–water partition coefficient (Wildman–Crippen LogP) is 3.82. The molecular formula is C22H12F3NO6. The van der Waals surface area contributed by atoms with Crippen molar-refractivity contribution < 1.29 is 42.5 Å². The smallest absolute Gasteiger partial charge is 0.337 e. The van der Waals surface area contributed by atoms with E-state index in [1.54, 1.807) is 0 Å². The highest BCUT2D eigenvalue weighted by Gasteiger charge is 2.41. The van der Waals surface area contributed by atoms with Gasteiger partial charge in [0.05, 0.1) is 34.9 Å². The number of hydrogen-bond donors (Lipinski definition) is 3. The molecule has 0 spiro atoms. The summed E-state index contributed by atoms with van der Waals surface area (Å²) in [5.41, 5.74) is -4.63. The van der Waals surface area contributed by atoms with E-state index in [1.165, 1.54) is 31.4 Å². The number of fused-ring (bicyclic) bond motifs is 2. The number of aromatic hydroxyl groups is 2. The Hall–Kier alpha value is -4.34. The molecule has 0 heterocycles. The van der Waals surface area contributed by atoms with Crippen molar-refractivity contribution in [3.8, 4) is 11.5 Å². The predicted molar refractivity (Wildman–Crippen MR) is 104 cm³/mol. The van der Waals surface area contributed by atoms with Crippen LogP contribution in [0.3, 0.4) is 0 Å². The van der Waals surface area contributed by atoms with Crippen molar-refractivity contribution in [3.05, 3.63) is 81.7 Å². The third-order valence-corrected chi connectivity index (χ3v) is 4.97. The van der Waals surface area contributed by atoms with E-state index in [1.807, 2.05) is 0 Å². The van der Waals surface area contributed by atoms with Crippen LogP contribution < -0.4 is 5.32 Å². The van der Waals surface area contributed by atoms with Gasteiger partial charge in [0.1, 0.15) is 17.2 Å². The quantitative estimate of drug-likeness (QED) is 0.251. The lowest BCUT2D eigenvalue weighted by Crippen LogP contribution is -2.26. The zero-order valence-corrected chi connectivity index (χ0v) is 16.1. The summed E-state index contributed by atoms with van der Waals surface area (Å²) in [6.45, 7) is 0. The highest BCUT2D eigenvalue weighted by molar-refractivity contribution is 6.30. The number of carbonyl (C=O) groups excluding carboxylic acids is 3. The fraction of sp³-hybridized carbons (Fsp3) is 0.0455. The van der Waals surface area contributed by atoms with E-state index in [0.29, 0.717) is 0 Å². The molecule has 4 rings (SSSR count). The van der Waals surface area contributed by atoms with Gasteiger partial charge in [-0.15, -0.1) is 0 Å². The average Bonchev–Trinajstić information content (AvgIpc) is 2.78. The lowest BCUT2D eigenvalue weighted by Gasteiger charge is -2.22. The molecule has 0 aromatic heterocycles. The monoisotopic (exact) mass is 443 g/mol. The molecule has 0 unspecified atom stereocenters. The van der Waals surface area contributed by atoms with Crippen molar-refractivity contribution in [2.24, 2.45) is 0 Å². The third kappa shape index (κ3) is 2.96. The molecule has 1 aliphatic carbocycles. The minimum Gasteiger partial charge on any atom is -0.507 e. The van der Waals surface area contributed by atoms with Gasteiger partial charge in [0.15, 0.2) is 17.5 Å². The standard InChI is InChI=1S/C22H12F3NO6/c1-32-22(31)8-2-4-9(5-3-8)26-19-17(24)15-14(16(23)18(19)25)20(29)12-10(27)6-7-11(28)13(12)21(15)30/h2-7,26-28H,1H3. The Labute approximate surface area is 177 Å². The molecule has 32 heavy (non-hydrogen) atoms. The summed E-state index contributed by atoms with van der Waals surface area (Å²) in [5.74, 6) is -9.95. The first-order chi connectivity index (χ1) is 15.2. The van der Waals surface area contributed by atoms with Crippen molar-refractivity contribution in [2.75, 3.05) is 12.4 Å². The lowest BCUT2D eigenvalue weighted by atomic mass is 9.82. The number of rotatable bonds is 3. The van der Waals surface area contributed by atoms with Gasteiger partial charge in [-0.2, -0.15) is 0 Å². The second-order valence-electron chi connectivity index (χ2n) is 6.77. The van der Waals surface area contributed by atoms with E-state index in [4.69, 9.17) is 0 Å². The van der Waals surface area contributed by atoms with Crippen molar-refractivity contribution >= 4 is 28.9 Å². The molecule has 0 amide bonds. The molecule has 3 aromatic rings. The van der Waals surface area contributed by atoms with Crippen LogP contribution in [0.1, 0.15) is 42.2 Å². The van der Waals surface area contributed by atoms with Gasteiger partial charge in [0, 0.05) is 5.69 Å². The highest BCUT2D eigenvalue weighted by Crippen LogP contribution is 2.42. The van der Waals surface area contributed by atoms with Gasteiger partial charge < -0.3 is 20.3 Å². The Bertz CT molecular complexity index is 1330. The van der Waals surface area contributed by atoms with Gasteiger partial charge >= 0.3 is 5.97 Å². The van der Waals surface area contributed by atoms with Gasteiger partial charge in [-0.05, 0) is 36.4 Å². The molecule has 0 saturated heterocycles. The maximum atomic E-state index is 15.2. The van der Waals surface area contributed by atoms with Crippen LogP contribution in [0, 0.1) is 17.5 Å². The van der Waals surface area contributed by atoms with Gasteiger partial charge in [-0.3, -0.25) is 9.59 Å². The topological polar surface area (TPSA) is 113 Å². The number of carbonyl (C=O) groups is 3. The van der Waals surface area contributed by atoms with Crippen molar-refractivity contribution in [2.45, 2.75) is 0 Å². The summed E-state index contributed by atoms with van der Waals surface area (Å²) < 4.78 is 49.3. The molecule has 162 valence electrons. The van der Waals surface area contributed by atoms with E-state index in [2.05, 4.69) is 10.1 Å². The van der Waals surface area contributed by atoms with Crippen LogP contribution >= 0.6 is 0 Å². The number of anilines is 2. The summed E-state index contributed by atoms with van der Waals surface area (Å²) >= 11 is 0. The van der Waals surface area contributed by atoms with Gasteiger partial charge in [-0.1, -0.05) is 0 Å². The van der Waals surface area contributed by atoms with E-state index in [9.17, 15) is 33.4 Å². The first-order valence-corrected chi connectivity index (χ1v) is 8.97. The third-order valence-electron chi connectivity index (χ3n) is 4.97. The fourth-order valence-electron chi connectivity index (χ4n) is 3.44. The van der Waals surface area contributed by atoms with Crippen LogP contribution in [0.2, 0.25) is 0 Å². The van der Waals surface area contributed by atoms with E-state index < -0.39 is 74.4 Å². The second kappa shape index (κ2) is 7.41. The highest BCUT2D eigenvalue weighted by atomic mass is 19.2. The maximum absolute atomic E-state index is 15.2. The van der Waals surface area contributed by atoms with Crippen LogP contribution in [0.5, 0.6) is 11.5 Å². The maximum Gasteiger partial charge on any atom is 0.337 e. The summed E-state index contributed by atoms with van der Waals surface area (Å²) in [4.78, 5) is 37.0. The number of phenolic OH excluding ortho intramolecular Hbond substituents is 2. The first-order valence-electron chi connectivity index (χ1n) is 8.97. The first kappa shape index (κ1) is 20.9. The summed E-state index contributed by atoms with van der Waals surface area (Å²) in [6.07, 6.45) is 0. The van der Waals surface area contributed by atoms with Crippen LogP contribution in [-0.4, -0.2) is 34.9 Å². The lowest BCUT2D eigenvalue weighted by molar-refractivity contribution is 0.0600. The van der Waals surface area contributed by atoms with E-state index in [0.717, 1.165) is 12.1 Å². The second-order valence-corrected chi connectivity index (χ2v) is 6.77. The molecule has 0 bridgehead atoms. The van der Waals surface area contributed by atoms with Crippen molar-refractivity contribution in [3.63, 3.8) is 0 Å². The molecule has 0 saturated carbocycles. The molecule has 0 atom stereocenters. The normalized spacial score (nSPS) is 12.2. The zero-order chi connectivity index (χ0) is 23.3. The van der Waals surface area contributed by atoms with Gasteiger partial charge in [0.2, 0.25) is 11.6 Å². The Balaban J connectivity index is 1.86. The largest absolute Gasteiger partial charge is 0.507 e. The van der Waals surface area contributed by atoms with E-state index >= 15 is 4.39 Å². The molecule has 10 heteroatoms. The molecule has 0 fully saturated rings. The number of hydrogen-bond acceptors (Lipinski definition) is 7. The number of phenols is 2. The molecule has 3 aromatic carbocycles. The van der Waals surface area contributed by atoms with E-state index in [-0.39, 0.29) is 11.3 Å². The number of esters is 1. The van der Waals surface area contributed by atoms with Crippen LogP contribution in [0.4, 0.5) is 24.5 Å². The number of methoxy groups -OCH3 is 1. The number of ketones is 2. The van der Waals surface area contributed by atoms with Gasteiger partial charge in [-0.25, -0.2) is 18.0 Å². The minimum absolute atomic E-state index is 0.0327. The zero-order valence-electron chi connectivity index (χ0n) is 16.1. The number of ether oxygens (including phenoxy) is 1. The number of benzene rings is 3. The summed E-state index contributed by atoms with van der Waals surface area (Å²) in [6, 6.07) is 6.88. The van der Waals surface area contributed by atoms with Crippen molar-refractivity contribution in [1.29, 1.82) is 0 Å². The number of halogens is 3. The molecule has 0 aliphatic heterocycles.